The SMILES string of the molecule is Cn1c(=O)c2c(ncn2C(O)C(=O)c2cccc(CCl)c2)n(C)c1=O. The second-order valence-corrected chi connectivity index (χ2v) is 5.87. The van der Waals surface area contributed by atoms with Crippen LogP contribution in [0, 0.1) is 0 Å². The van der Waals surface area contributed by atoms with Crippen LogP contribution in [0.2, 0.25) is 0 Å². The zero-order chi connectivity index (χ0) is 18.3. The Morgan fingerprint density at radius 2 is 2.00 bits per heavy atom. The van der Waals surface area contributed by atoms with Crippen molar-refractivity contribution in [2.75, 3.05) is 0 Å². The summed E-state index contributed by atoms with van der Waals surface area (Å²) in [6.07, 6.45) is -0.486. The number of carbonyl (C=O) groups excluding carboxylic acids is 1. The Balaban J connectivity index is 2.15. The summed E-state index contributed by atoms with van der Waals surface area (Å²) in [6, 6.07) is 6.54. The zero-order valence-electron chi connectivity index (χ0n) is 13.5. The smallest absolute Gasteiger partial charge is 0.332 e. The number of Topliss-reactive ketones (excluding diaryl/α,β-unsaturated/α-hetero) is 1. The predicted molar refractivity (Wildman–Crippen MR) is 91.8 cm³/mol. The molecule has 0 bridgehead atoms. The molecule has 0 amide bonds. The molecular formula is C16H15ClN4O4. The Hall–Kier alpha value is -2.71. The van der Waals surface area contributed by atoms with Gasteiger partial charge in [-0.25, -0.2) is 9.78 Å². The van der Waals surface area contributed by atoms with E-state index in [9.17, 15) is 19.5 Å². The highest BCUT2D eigenvalue weighted by Crippen LogP contribution is 2.18. The third kappa shape index (κ3) is 2.69. The predicted octanol–water partition coefficient (Wildman–Crippen LogP) is 0.546. The van der Waals surface area contributed by atoms with E-state index in [-0.39, 0.29) is 22.6 Å². The van der Waals surface area contributed by atoms with Crippen LogP contribution in [0.4, 0.5) is 0 Å². The molecule has 3 rings (SSSR count). The number of hydrogen-bond acceptors (Lipinski definition) is 5. The average molecular weight is 363 g/mol. The van der Waals surface area contributed by atoms with Gasteiger partial charge in [-0.05, 0) is 11.6 Å². The molecule has 0 aliphatic carbocycles. The van der Waals surface area contributed by atoms with Crippen molar-refractivity contribution in [1.29, 1.82) is 0 Å². The molecule has 0 radical (unpaired) electrons. The van der Waals surface area contributed by atoms with Crippen LogP contribution in [0.15, 0.2) is 40.2 Å². The normalized spacial score (nSPS) is 12.5. The van der Waals surface area contributed by atoms with Crippen LogP contribution in [-0.2, 0) is 20.0 Å². The molecule has 9 heteroatoms. The molecule has 2 aromatic heterocycles. The fourth-order valence-corrected chi connectivity index (χ4v) is 2.80. The number of ketones is 1. The first-order valence-electron chi connectivity index (χ1n) is 7.36. The first kappa shape index (κ1) is 17.1. The second-order valence-electron chi connectivity index (χ2n) is 5.60. The Kier molecular flexibility index (Phi) is 4.32. The zero-order valence-corrected chi connectivity index (χ0v) is 14.3. The van der Waals surface area contributed by atoms with Crippen LogP contribution < -0.4 is 11.2 Å². The lowest BCUT2D eigenvalue weighted by Crippen LogP contribution is -2.38. The van der Waals surface area contributed by atoms with Crippen molar-refractivity contribution < 1.29 is 9.90 Å². The first-order valence-corrected chi connectivity index (χ1v) is 7.90. The molecular weight excluding hydrogens is 348 g/mol. The van der Waals surface area contributed by atoms with Crippen LogP contribution in [0.5, 0.6) is 0 Å². The maximum absolute atomic E-state index is 12.6. The number of fused-ring (bicyclic) bond motifs is 1. The minimum atomic E-state index is -1.65. The average Bonchev–Trinajstić information content (AvgIpc) is 3.08. The minimum absolute atomic E-state index is 0.0288. The summed E-state index contributed by atoms with van der Waals surface area (Å²) in [5, 5.41) is 10.5. The highest BCUT2D eigenvalue weighted by molar-refractivity contribution is 6.17. The molecule has 1 N–H and O–H groups in total. The van der Waals surface area contributed by atoms with Crippen molar-refractivity contribution in [3.63, 3.8) is 0 Å². The van der Waals surface area contributed by atoms with Crippen LogP contribution in [0.25, 0.3) is 11.2 Å². The van der Waals surface area contributed by atoms with Gasteiger partial charge in [-0.2, -0.15) is 0 Å². The lowest BCUT2D eigenvalue weighted by molar-refractivity contribution is 0.0586. The highest BCUT2D eigenvalue weighted by Gasteiger charge is 2.24. The molecule has 1 unspecified atom stereocenters. The number of rotatable bonds is 4. The molecule has 25 heavy (non-hydrogen) atoms. The third-order valence-corrected chi connectivity index (χ3v) is 4.35. The molecule has 8 nitrogen and oxygen atoms in total. The van der Waals surface area contributed by atoms with E-state index in [2.05, 4.69) is 4.98 Å². The highest BCUT2D eigenvalue weighted by atomic mass is 35.5. The Morgan fingerprint density at radius 1 is 1.28 bits per heavy atom. The maximum Gasteiger partial charge on any atom is 0.332 e. The number of aliphatic hydroxyl groups excluding tert-OH is 1. The number of halogens is 1. The summed E-state index contributed by atoms with van der Waals surface area (Å²) >= 11 is 5.77. The largest absolute Gasteiger partial charge is 0.366 e. The fraction of sp³-hybridized carbons (Fsp3) is 0.250. The van der Waals surface area contributed by atoms with Gasteiger partial charge < -0.3 is 5.11 Å². The first-order chi connectivity index (χ1) is 11.9. The lowest BCUT2D eigenvalue weighted by atomic mass is 10.1. The van der Waals surface area contributed by atoms with Crippen molar-refractivity contribution >= 4 is 28.5 Å². The summed E-state index contributed by atoms with van der Waals surface area (Å²) in [6.45, 7) is 0. The summed E-state index contributed by atoms with van der Waals surface area (Å²) in [5.74, 6) is -0.379. The molecule has 0 saturated carbocycles. The standard InChI is InChI=1S/C16H15ClN4O4/c1-19-13-11(14(23)20(2)16(19)25)21(8-18-13)15(24)12(22)10-5-3-4-9(6-10)7-17/h3-6,8,15,24H,7H2,1-2H3. The van der Waals surface area contributed by atoms with Gasteiger partial charge in [0.2, 0.25) is 5.78 Å². The second kappa shape index (κ2) is 6.30. The van der Waals surface area contributed by atoms with Crippen molar-refractivity contribution in [2.24, 2.45) is 14.1 Å². The van der Waals surface area contributed by atoms with E-state index < -0.39 is 23.3 Å². The summed E-state index contributed by atoms with van der Waals surface area (Å²) in [5.41, 5.74) is -0.133. The molecule has 2 heterocycles. The van der Waals surface area contributed by atoms with Crippen LogP contribution in [0.1, 0.15) is 22.1 Å². The van der Waals surface area contributed by atoms with Crippen LogP contribution >= 0.6 is 11.6 Å². The van der Waals surface area contributed by atoms with Crippen LogP contribution in [0.3, 0.4) is 0 Å². The summed E-state index contributed by atoms with van der Waals surface area (Å²) in [4.78, 5) is 40.9. The molecule has 0 aliphatic heterocycles. The van der Waals surface area contributed by atoms with E-state index in [1.54, 1.807) is 24.3 Å². The number of imidazole rings is 1. The van der Waals surface area contributed by atoms with Gasteiger partial charge in [-0.1, -0.05) is 18.2 Å². The topological polar surface area (TPSA) is 99.1 Å². The Bertz CT molecular complexity index is 1100. The molecule has 0 fully saturated rings. The van der Waals surface area contributed by atoms with Gasteiger partial charge in [0.25, 0.3) is 5.56 Å². The molecule has 0 saturated heterocycles. The fourth-order valence-electron chi connectivity index (χ4n) is 2.63. The summed E-state index contributed by atoms with van der Waals surface area (Å²) in [7, 11) is 2.78. The molecule has 3 aromatic rings. The van der Waals surface area contributed by atoms with Crippen molar-refractivity contribution in [3.05, 3.63) is 62.6 Å². The Labute approximate surface area is 146 Å². The van der Waals surface area contributed by atoms with Gasteiger partial charge in [-0.3, -0.25) is 23.3 Å². The number of aromatic nitrogens is 4. The summed E-state index contributed by atoms with van der Waals surface area (Å²) < 4.78 is 3.14. The van der Waals surface area contributed by atoms with Gasteiger partial charge in [0.05, 0.1) is 0 Å². The number of benzene rings is 1. The van der Waals surface area contributed by atoms with Crippen LogP contribution in [-0.4, -0.2) is 29.6 Å². The van der Waals surface area contributed by atoms with Gasteiger partial charge in [0.1, 0.15) is 6.33 Å². The Morgan fingerprint density at radius 3 is 2.68 bits per heavy atom. The molecule has 0 aliphatic rings. The molecule has 1 atom stereocenters. The number of carbonyl (C=O) groups is 1. The molecule has 130 valence electrons. The monoisotopic (exact) mass is 362 g/mol. The lowest BCUT2D eigenvalue weighted by Gasteiger charge is -2.13. The number of aryl methyl sites for hydroxylation is 1. The quantitative estimate of drug-likeness (QED) is 0.539. The van der Waals surface area contributed by atoms with E-state index in [1.807, 2.05) is 0 Å². The van der Waals surface area contributed by atoms with E-state index in [0.717, 1.165) is 14.7 Å². The number of alkyl halides is 1. The number of hydrogen-bond donors (Lipinski definition) is 1. The van der Waals surface area contributed by atoms with Gasteiger partial charge in [0.15, 0.2) is 17.4 Å². The minimum Gasteiger partial charge on any atom is -0.366 e. The maximum atomic E-state index is 12.6. The van der Waals surface area contributed by atoms with Gasteiger partial charge >= 0.3 is 5.69 Å². The molecule has 0 spiro atoms. The van der Waals surface area contributed by atoms with E-state index in [4.69, 9.17) is 11.6 Å². The molecule has 1 aromatic carbocycles. The van der Waals surface area contributed by atoms with Crippen molar-refractivity contribution in [1.82, 2.24) is 18.7 Å². The van der Waals surface area contributed by atoms with Crippen molar-refractivity contribution in [3.8, 4) is 0 Å². The third-order valence-electron chi connectivity index (χ3n) is 4.04. The number of nitrogens with zero attached hydrogens (tertiary/aromatic N) is 4. The van der Waals surface area contributed by atoms with Gasteiger partial charge in [0, 0.05) is 25.5 Å². The van der Waals surface area contributed by atoms with Crippen molar-refractivity contribution in [2.45, 2.75) is 12.1 Å². The van der Waals surface area contributed by atoms with E-state index >= 15 is 0 Å². The van der Waals surface area contributed by atoms with E-state index in [0.29, 0.717) is 0 Å². The van der Waals surface area contributed by atoms with Gasteiger partial charge in [-0.15, -0.1) is 11.6 Å². The van der Waals surface area contributed by atoms with E-state index in [1.165, 1.54) is 25.0 Å². The number of aliphatic hydroxyl groups is 1.